The van der Waals surface area contributed by atoms with Gasteiger partial charge in [0.25, 0.3) is 5.91 Å². The fraction of sp³-hybridized carbons (Fsp3) is 0.182. The van der Waals surface area contributed by atoms with Crippen molar-refractivity contribution in [3.8, 4) is 0 Å². The van der Waals surface area contributed by atoms with E-state index in [2.05, 4.69) is 20.5 Å². The van der Waals surface area contributed by atoms with Gasteiger partial charge in [0.2, 0.25) is 0 Å². The van der Waals surface area contributed by atoms with E-state index in [9.17, 15) is 4.79 Å². The Labute approximate surface area is 103 Å². The minimum Gasteiger partial charge on any atom is -0.304 e. The molecule has 2 heterocycles. The van der Waals surface area contributed by atoms with Gasteiger partial charge in [-0.15, -0.1) is 0 Å². The molecule has 17 heavy (non-hydrogen) atoms. The number of halogens is 1. The van der Waals surface area contributed by atoms with E-state index in [1.165, 1.54) is 6.20 Å². The molecule has 0 atom stereocenters. The fourth-order valence-corrected chi connectivity index (χ4v) is 1.40. The maximum absolute atomic E-state index is 11.8. The van der Waals surface area contributed by atoms with Gasteiger partial charge in [0.15, 0.2) is 5.82 Å². The zero-order chi connectivity index (χ0) is 12.4. The molecule has 0 spiro atoms. The number of pyridine rings is 1. The van der Waals surface area contributed by atoms with Crippen LogP contribution in [0.3, 0.4) is 0 Å². The second-order valence-electron chi connectivity index (χ2n) is 3.64. The lowest BCUT2D eigenvalue weighted by Crippen LogP contribution is -2.14. The predicted octanol–water partition coefficient (Wildman–Crippen LogP) is 2.33. The third-order valence-electron chi connectivity index (χ3n) is 2.45. The minimum atomic E-state index is -0.309. The lowest BCUT2D eigenvalue weighted by Gasteiger charge is -2.02. The number of hydrogen-bond donors (Lipinski definition) is 2. The molecule has 0 radical (unpaired) electrons. The standard InChI is InChI=1S/C11H11ClN4O/c1-6-7(2)15-16-10(6)14-11(17)9-4-3-8(12)5-13-9/h3-5H,1-2H3,(H2,14,15,16,17). The van der Waals surface area contributed by atoms with Crippen molar-refractivity contribution in [1.82, 2.24) is 15.2 Å². The van der Waals surface area contributed by atoms with Gasteiger partial charge in [-0.05, 0) is 26.0 Å². The summed E-state index contributed by atoms with van der Waals surface area (Å²) in [5.74, 6) is 0.209. The summed E-state index contributed by atoms with van der Waals surface area (Å²) in [6.07, 6.45) is 1.43. The molecular formula is C11H11ClN4O. The fourth-order valence-electron chi connectivity index (χ4n) is 1.29. The number of nitrogens with zero attached hydrogens (tertiary/aromatic N) is 2. The number of aromatic amines is 1. The SMILES string of the molecule is Cc1[nH]nc(NC(=O)c2ccc(Cl)cn2)c1C. The van der Waals surface area contributed by atoms with Crippen molar-refractivity contribution in [2.75, 3.05) is 5.32 Å². The average molecular weight is 251 g/mol. The van der Waals surface area contributed by atoms with Crippen LogP contribution >= 0.6 is 11.6 Å². The highest BCUT2D eigenvalue weighted by Gasteiger charge is 2.11. The zero-order valence-corrected chi connectivity index (χ0v) is 10.2. The molecule has 2 aromatic rings. The monoisotopic (exact) mass is 250 g/mol. The number of amides is 1. The van der Waals surface area contributed by atoms with E-state index in [1.54, 1.807) is 12.1 Å². The number of carbonyl (C=O) groups excluding carboxylic acids is 1. The zero-order valence-electron chi connectivity index (χ0n) is 9.41. The van der Waals surface area contributed by atoms with Crippen LogP contribution in [0.15, 0.2) is 18.3 Å². The highest BCUT2D eigenvalue weighted by molar-refractivity contribution is 6.30. The average Bonchev–Trinajstić information content (AvgIpc) is 2.62. The highest BCUT2D eigenvalue weighted by atomic mass is 35.5. The molecule has 0 aromatic carbocycles. The summed E-state index contributed by atoms with van der Waals surface area (Å²) in [5, 5.41) is 9.96. The number of aryl methyl sites for hydroxylation is 1. The summed E-state index contributed by atoms with van der Waals surface area (Å²) in [6.45, 7) is 3.77. The number of hydrogen-bond acceptors (Lipinski definition) is 3. The minimum absolute atomic E-state index is 0.300. The van der Waals surface area contributed by atoms with Crippen LogP contribution in [0.5, 0.6) is 0 Å². The van der Waals surface area contributed by atoms with Gasteiger partial charge >= 0.3 is 0 Å². The van der Waals surface area contributed by atoms with Crippen molar-refractivity contribution in [1.29, 1.82) is 0 Å². The molecule has 88 valence electrons. The molecule has 0 saturated heterocycles. The first-order valence-corrected chi connectivity index (χ1v) is 5.40. The van der Waals surface area contributed by atoms with Crippen molar-refractivity contribution in [2.45, 2.75) is 13.8 Å². The smallest absolute Gasteiger partial charge is 0.275 e. The Balaban J connectivity index is 2.17. The van der Waals surface area contributed by atoms with Crippen molar-refractivity contribution in [3.05, 3.63) is 40.3 Å². The Bertz CT molecular complexity index is 547. The van der Waals surface area contributed by atoms with E-state index in [4.69, 9.17) is 11.6 Å². The molecule has 0 fully saturated rings. The number of nitrogens with one attached hydrogen (secondary N) is 2. The molecule has 2 aromatic heterocycles. The van der Waals surface area contributed by atoms with Crippen LogP contribution in [0, 0.1) is 13.8 Å². The van der Waals surface area contributed by atoms with Gasteiger partial charge in [0.05, 0.1) is 5.02 Å². The molecule has 0 bridgehead atoms. The van der Waals surface area contributed by atoms with Gasteiger partial charge in [-0.2, -0.15) is 5.10 Å². The first-order chi connectivity index (χ1) is 8.08. The summed E-state index contributed by atoms with van der Waals surface area (Å²) < 4.78 is 0. The van der Waals surface area contributed by atoms with Gasteiger partial charge in [0, 0.05) is 17.5 Å². The Kier molecular flexibility index (Phi) is 3.10. The van der Waals surface area contributed by atoms with E-state index in [0.29, 0.717) is 16.5 Å². The van der Waals surface area contributed by atoms with Gasteiger partial charge < -0.3 is 5.32 Å². The molecule has 0 aliphatic carbocycles. The Morgan fingerprint density at radius 3 is 2.71 bits per heavy atom. The summed E-state index contributed by atoms with van der Waals surface area (Å²) in [6, 6.07) is 3.18. The van der Waals surface area contributed by atoms with Crippen LogP contribution in [-0.4, -0.2) is 21.1 Å². The summed E-state index contributed by atoms with van der Waals surface area (Å²) in [5.41, 5.74) is 2.13. The van der Waals surface area contributed by atoms with E-state index in [0.717, 1.165) is 11.3 Å². The van der Waals surface area contributed by atoms with Gasteiger partial charge in [-0.1, -0.05) is 11.6 Å². The third-order valence-corrected chi connectivity index (χ3v) is 2.67. The van der Waals surface area contributed by atoms with E-state index < -0.39 is 0 Å². The Hall–Kier alpha value is -1.88. The summed E-state index contributed by atoms with van der Waals surface area (Å²) in [4.78, 5) is 15.7. The van der Waals surface area contributed by atoms with Gasteiger partial charge in [-0.25, -0.2) is 4.98 Å². The second kappa shape index (κ2) is 4.55. The van der Waals surface area contributed by atoms with Crippen LogP contribution in [0.1, 0.15) is 21.7 Å². The maximum Gasteiger partial charge on any atom is 0.275 e. The van der Waals surface area contributed by atoms with E-state index in [1.807, 2.05) is 13.8 Å². The molecule has 0 unspecified atom stereocenters. The lowest BCUT2D eigenvalue weighted by atomic mass is 10.2. The van der Waals surface area contributed by atoms with Crippen molar-refractivity contribution >= 4 is 23.3 Å². The highest BCUT2D eigenvalue weighted by Crippen LogP contribution is 2.15. The molecule has 0 saturated carbocycles. The normalized spacial score (nSPS) is 10.3. The predicted molar refractivity (Wildman–Crippen MR) is 65.3 cm³/mol. The van der Waals surface area contributed by atoms with Crippen molar-refractivity contribution in [2.24, 2.45) is 0 Å². The second-order valence-corrected chi connectivity index (χ2v) is 4.07. The number of carbonyl (C=O) groups is 1. The Morgan fingerprint density at radius 1 is 1.41 bits per heavy atom. The van der Waals surface area contributed by atoms with Gasteiger partial charge in [0.1, 0.15) is 5.69 Å². The number of H-pyrrole nitrogens is 1. The number of anilines is 1. The van der Waals surface area contributed by atoms with Crippen LogP contribution < -0.4 is 5.32 Å². The number of rotatable bonds is 2. The van der Waals surface area contributed by atoms with Crippen LogP contribution in [0.4, 0.5) is 5.82 Å². The largest absolute Gasteiger partial charge is 0.304 e. The van der Waals surface area contributed by atoms with E-state index in [-0.39, 0.29) is 5.91 Å². The summed E-state index contributed by atoms with van der Waals surface area (Å²) >= 11 is 5.69. The van der Waals surface area contributed by atoms with Gasteiger partial charge in [-0.3, -0.25) is 9.89 Å². The third kappa shape index (κ3) is 2.45. The summed E-state index contributed by atoms with van der Waals surface area (Å²) in [7, 11) is 0. The molecule has 0 aliphatic rings. The molecule has 2 N–H and O–H groups in total. The molecule has 6 heteroatoms. The number of aromatic nitrogens is 3. The molecule has 0 aliphatic heterocycles. The van der Waals surface area contributed by atoms with Crippen molar-refractivity contribution < 1.29 is 4.79 Å². The molecule has 5 nitrogen and oxygen atoms in total. The van der Waals surface area contributed by atoms with Crippen molar-refractivity contribution in [3.63, 3.8) is 0 Å². The Morgan fingerprint density at radius 2 is 2.18 bits per heavy atom. The first kappa shape index (κ1) is 11.6. The maximum atomic E-state index is 11.8. The van der Waals surface area contributed by atoms with Crippen LogP contribution in [-0.2, 0) is 0 Å². The molecule has 1 amide bonds. The molecular weight excluding hydrogens is 240 g/mol. The van der Waals surface area contributed by atoms with Crippen LogP contribution in [0.25, 0.3) is 0 Å². The topological polar surface area (TPSA) is 70.7 Å². The van der Waals surface area contributed by atoms with Crippen LogP contribution in [0.2, 0.25) is 5.02 Å². The first-order valence-electron chi connectivity index (χ1n) is 5.02. The lowest BCUT2D eigenvalue weighted by molar-refractivity contribution is 0.102. The molecule has 2 rings (SSSR count). The quantitative estimate of drug-likeness (QED) is 0.859. The van der Waals surface area contributed by atoms with E-state index >= 15 is 0 Å².